The molecule has 0 saturated heterocycles. The molecule has 0 saturated carbocycles. The third-order valence-electron chi connectivity index (χ3n) is 2.99. The number of aliphatic imine (C=N–C) groups is 1. The summed E-state index contributed by atoms with van der Waals surface area (Å²) in [5, 5.41) is 15.5. The predicted molar refractivity (Wildman–Crippen MR) is 105 cm³/mol. The molecular weight excluding hydrogens is 450 g/mol. The second-order valence-corrected chi connectivity index (χ2v) is 5.49. The van der Waals surface area contributed by atoms with E-state index in [4.69, 9.17) is 23.2 Å². The Morgan fingerprint density at radius 2 is 2.09 bits per heavy atom. The molecule has 0 aliphatic rings. The Balaban J connectivity index is 0.00000264. The SMILES string of the molecule is CCNC(=NCc1ccc(Cl)cc1Cl)NCc1nncn1C.I. The first kappa shape index (κ1) is 20.0. The van der Waals surface area contributed by atoms with Crippen molar-refractivity contribution in [2.24, 2.45) is 12.0 Å². The van der Waals surface area contributed by atoms with Gasteiger partial charge in [0.25, 0.3) is 0 Å². The molecular formula is C14H19Cl2IN6. The number of hydrogen-bond acceptors (Lipinski definition) is 3. The number of guanidine groups is 1. The fourth-order valence-electron chi connectivity index (χ4n) is 1.79. The topological polar surface area (TPSA) is 67.1 Å². The van der Waals surface area contributed by atoms with Crippen molar-refractivity contribution < 1.29 is 0 Å². The maximum absolute atomic E-state index is 6.15. The lowest BCUT2D eigenvalue weighted by molar-refractivity contribution is 0.726. The molecule has 0 unspecified atom stereocenters. The number of benzene rings is 1. The predicted octanol–water partition coefficient (Wildman–Crippen LogP) is 3.00. The van der Waals surface area contributed by atoms with Gasteiger partial charge in [0.05, 0.1) is 13.1 Å². The van der Waals surface area contributed by atoms with E-state index in [1.807, 2.05) is 24.6 Å². The molecule has 0 aliphatic carbocycles. The van der Waals surface area contributed by atoms with Crippen LogP contribution in [-0.2, 0) is 20.1 Å². The minimum Gasteiger partial charge on any atom is -0.357 e. The molecule has 0 fully saturated rings. The van der Waals surface area contributed by atoms with Gasteiger partial charge in [-0.1, -0.05) is 29.3 Å². The molecule has 6 nitrogen and oxygen atoms in total. The minimum atomic E-state index is 0. The first-order valence-corrected chi connectivity index (χ1v) is 7.64. The molecule has 1 aromatic carbocycles. The first-order chi connectivity index (χ1) is 10.6. The molecule has 9 heteroatoms. The lowest BCUT2D eigenvalue weighted by Crippen LogP contribution is -2.37. The molecule has 0 radical (unpaired) electrons. The summed E-state index contributed by atoms with van der Waals surface area (Å²) in [6.45, 7) is 3.77. The molecule has 2 rings (SSSR count). The van der Waals surface area contributed by atoms with E-state index in [9.17, 15) is 0 Å². The largest absolute Gasteiger partial charge is 0.357 e. The summed E-state index contributed by atoms with van der Waals surface area (Å²) in [6, 6.07) is 5.40. The van der Waals surface area contributed by atoms with Crippen LogP contribution in [0.4, 0.5) is 0 Å². The highest BCUT2D eigenvalue weighted by Crippen LogP contribution is 2.21. The van der Waals surface area contributed by atoms with Crippen molar-refractivity contribution in [2.75, 3.05) is 6.54 Å². The van der Waals surface area contributed by atoms with Gasteiger partial charge in [-0.25, -0.2) is 4.99 Å². The van der Waals surface area contributed by atoms with Crippen LogP contribution in [0.5, 0.6) is 0 Å². The van der Waals surface area contributed by atoms with Crippen molar-refractivity contribution in [3.63, 3.8) is 0 Å². The van der Waals surface area contributed by atoms with Crippen LogP contribution in [0, 0.1) is 0 Å². The summed E-state index contributed by atoms with van der Waals surface area (Å²) in [6.07, 6.45) is 1.66. The van der Waals surface area contributed by atoms with Gasteiger partial charge in [0, 0.05) is 23.6 Å². The van der Waals surface area contributed by atoms with Crippen LogP contribution in [0.15, 0.2) is 29.5 Å². The Morgan fingerprint density at radius 1 is 1.30 bits per heavy atom. The van der Waals surface area contributed by atoms with Gasteiger partial charge in [0.1, 0.15) is 6.33 Å². The van der Waals surface area contributed by atoms with Crippen LogP contribution in [0.1, 0.15) is 18.3 Å². The Hall–Kier alpha value is -1.06. The van der Waals surface area contributed by atoms with Crippen molar-refractivity contribution in [3.05, 3.63) is 46.0 Å². The number of nitrogens with one attached hydrogen (secondary N) is 2. The zero-order chi connectivity index (χ0) is 15.9. The second kappa shape index (κ2) is 9.94. The number of nitrogens with zero attached hydrogens (tertiary/aromatic N) is 4. The lowest BCUT2D eigenvalue weighted by atomic mass is 10.2. The number of aromatic nitrogens is 3. The third-order valence-corrected chi connectivity index (χ3v) is 3.57. The number of halogens is 3. The number of aryl methyl sites for hydroxylation is 1. The van der Waals surface area contributed by atoms with Gasteiger partial charge in [0.15, 0.2) is 11.8 Å². The third kappa shape index (κ3) is 6.15. The summed E-state index contributed by atoms with van der Waals surface area (Å²) < 4.78 is 1.85. The summed E-state index contributed by atoms with van der Waals surface area (Å²) in [7, 11) is 1.90. The highest BCUT2D eigenvalue weighted by Gasteiger charge is 2.04. The molecule has 23 heavy (non-hydrogen) atoms. The van der Waals surface area contributed by atoms with Gasteiger partial charge in [-0.05, 0) is 24.6 Å². The molecule has 0 spiro atoms. The van der Waals surface area contributed by atoms with E-state index in [1.165, 1.54) is 0 Å². The van der Waals surface area contributed by atoms with Crippen LogP contribution in [0.3, 0.4) is 0 Å². The van der Waals surface area contributed by atoms with Gasteiger partial charge in [0.2, 0.25) is 0 Å². The summed E-state index contributed by atoms with van der Waals surface area (Å²) in [4.78, 5) is 4.51. The molecule has 126 valence electrons. The van der Waals surface area contributed by atoms with Gasteiger partial charge in [-0.3, -0.25) is 0 Å². The Morgan fingerprint density at radius 3 is 2.70 bits per heavy atom. The maximum Gasteiger partial charge on any atom is 0.191 e. The van der Waals surface area contributed by atoms with Crippen molar-refractivity contribution in [1.29, 1.82) is 0 Å². The Bertz CT molecular complexity index is 658. The van der Waals surface area contributed by atoms with Crippen molar-refractivity contribution in [3.8, 4) is 0 Å². The highest BCUT2D eigenvalue weighted by molar-refractivity contribution is 14.0. The summed E-state index contributed by atoms with van der Waals surface area (Å²) in [5.74, 6) is 1.52. The molecule has 1 heterocycles. The molecule has 0 bridgehead atoms. The van der Waals surface area contributed by atoms with Crippen LogP contribution >= 0.6 is 47.2 Å². The normalized spacial score (nSPS) is 11.0. The fraction of sp³-hybridized carbons (Fsp3) is 0.357. The van der Waals surface area contributed by atoms with Crippen molar-refractivity contribution >= 4 is 53.1 Å². The van der Waals surface area contributed by atoms with E-state index in [1.54, 1.807) is 18.5 Å². The quantitative estimate of drug-likeness (QED) is 0.402. The van der Waals surface area contributed by atoms with Gasteiger partial charge in [-0.2, -0.15) is 0 Å². The second-order valence-electron chi connectivity index (χ2n) is 4.64. The molecule has 0 amide bonds. The Labute approximate surface area is 162 Å². The highest BCUT2D eigenvalue weighted by atomic mass is 127. The smallest absolute Gasteiger partial charge is 0.191 e. The van der Waals surface area contributed by atoms with E-state index in [0.29, 0.717) is 29.1 Å². The summed E-state index contributed by atoms with van der Waals surface area (Å²) >= 11 is 12.0. The maximum atomic E-state index is 6.15. The van der Waals surface area contributed by atoms with E-state index in [2.05, 4.69) is 25.8 Å². The fourth-order valence-corrected chi connectivity index (χ4v) is 2.25. The van der Waals surface area contributed by atoms with E-state index >= 15 is 0 Å². The van der Waals surface area contributed by atoms with E-state index in [-0.39, 0.29) is 24.0 Å². The average Bonchev–Trinajstić information content (AvgIpc) is 2.89. The molecule has 0 atom stereocenters. The molecule has 1 aromatic heterocycles. The van der Waals surface area contributed by atoms with Crippen molar-refractivity contribution in [1.82, 2.24) is 25.4 Å². The lowest BCUT2D eigenvalue weighted by Gasteiger charge is -2.11. The zero-order valence-corrected chi connectivity index (χ0v) is 16.7. The van der Waals surface area contributed by atoms with Gasteiger partial charge >= 0.3 is 0 Å². The van der Waals surface area contributed by atoms with Crippen LogP contribution in [0.2, 0.25) is 10.0 Å². The number of hydrogen-bond donors (Lipinski definition) is 2. The van der Waals surface area contributed by atoms with Crippen LogP contribution in [0.25, 0.3) is 0 Å². The van der Waals surface area contributed by atoms with Crippen LogP contribution in [-0.4, -0.2) is 27.3 Å². The minimum absolute atomic E-state index is 0. The standard InChI is InChI=1S/C14H18Cl2N6.HI/c1-3-17-14(19-8-13-21-20-9-22(13)2)18-7-10-4-5-11(15)6-12(10)16;/h4-6,9H,3,7-8H2,1-2H3,(H2,17,18,19);1H. The molecule has 0 aliphatic heterocycles. The van der Waals surface area contributed by atoms with Crippen LogP contribution < -0.4 is 10.6 Å². The van der Waals surface area contributed by atoms with Gasteiger partial charge < -0.3 is 15.2 Å². The summed E-state index contributed by atoms with van der Waals surface area (Å²) in [5.41, 5.74) is 0.918. The Kier molecular flexibility index (Phi) is 8.64. The van der Waals surface area contributed by atoms with Gasteiger partial charge in [-0.15, -0.1) is 34.2 Å². The average molecular weight is 469 g/mol. The monoisotopic (exact) mass is 468 g/mol. The van der Waals surface area contributed by atoms with Crippen molar-refractivity contribution in [2.45, 2.75) is 20.0 Å². The molecule has 2 N–H and O–H groups in total. The zero-order valence-electron chi connectivity index (χ0n) is 12.9. The molecule has 2 aromatic rings. The first-order valence-electron chi connectivity index (χ1n) is 6.89. The van der Waals surface area contributed by atoms with E-state index < -0.39 is 0 Å². The number of rotatable bonds is 5. The van der Waals surface area contributed by atoms with E-state index in [0.717, 1.165) is 17.9 Å².